The fourth-order valence-corrected chi connectivity index (χ4v) is 2.94. The summed E-state index contributed by atoms with van der Waals surface area (Å²) in [7, 11) is 0. The molecule has 2 fully saturated rings. The van der Waals surface area contributed by atoms with Crippen molar-refractivity contribution in [2.75, 3.05) is 13.2 Å². The second kappa shape index (κ2) is 8.82. The fraction of sp³-hybridized carbons (Fsp3) is 0.929. The minimum Gasteiger partial charge on any atom is -0.394 e. The molecular weight excluding hydrogens is 361 g/mol. The molecule has 0 aromatic rings. The highest BCUT2D eigenvalue weighted by atomic mass is 19.1. The molecule has 152 valence electrons. The summed E-state index contributed by atoms with van der Waals surface area (Å²) in [5, 5.41) is 60.1. The smallest absolute Gasteiger partial charge is 0.217 e. The largest absolute Gasteiger partial charge is 0.394 e. The number of hydrogen-bond acceptors (Lipinski definition) is 10. The van der Waals surface area contributed by atoms with Gasteiger partial charge in [0, 0.05) is 6.92 Å². The van der Waals surface area contributed by atoms with E-state index < -0.39 is 80.5 Å². The monoisotopic (exact) mass is 385 g/mol. The maximum Gasteiger partial charge on any atom is 0.217 e. The van der Waals surface area contributed by atoms with Gasteiger partial charge in [-0.1, -0.05) is 0 Å². The van der Waals surface area contributed by atoms with Crippen LogP contribution in [0.2, 0.25) is 0 Å². The van der Waals surface area contributed by atoms with Gasteiger partial charge in [-0.25, -0.2) is 4.39 Å². The van der Waals surface area contributed by atoms with Gasteiger partial charge in [0.2, 0.25) is 5.91 Å². The van der Waals surface area contributed by atoms with E-state index in [4.69, 9.17) is 14.2 Å². The fourth-order valence-electron chi connectivity index (χ4n) is 2.94. The van der Waals surface area contributed by atoms with Crippen molar-refractivity contribution >= 4 is 5.91 Å². The first kappa shape index (κ1) is 21.3. The molecule has 26 heavy (non-hydrogen) atoms. The Hall–Kier alpha value is -0.960. The molecule has 12 heteroatoms. The third-order valence-corrected chi connectivity index (χ3v) is 4.33. The molecule has 0 aromatic heterocycles. The molecule has 2 rings (SSSR count). The quantitative estimate of drug-likeness (QED) is 0.245. The number of rotatable bonds is 5. The third-order valence-electron chi connectivity index (χ3n) is 4.33. The number of hydrogen-bond donors (Lipinski definition) is 7. The molecule has 0 saturated carbocycles. The van der Waals surface area contributed by atoms with Crippen LogP contribution in [-0.4, -0.2) is 111 Å². The molecule has 1 amide bonds. The topological polar surface area (TPSA) is 178 Å². The standard InChI is InChI=1S/C14H24FNO10/c1-4(19)16-8-12(7(15)5(2-17)24-13(8)23)26-14-11(22)10(21)9(20)6(3-18)25-14/h5-14,17-18,20-23H,2-3H2,1H3,(H,16,19)/t5-,6-,7-,8-,9+,10+,11-,12+,13?,14?/m1/s1. The van der Waals surface area contributed by atoms with Gasteiger partial charge in [-0.3, -0.25) is 4.79 Å². The van der Waals surface area contributed by atoms with Crippen molar-refractivity contribution in [3.8, 4) is 0 Å². The Morgan fingerprint density at radius 3 is 2.19 bits per heavy atom. The van der Waals surface area contributed by atoms with E-state index in [1.165, 1.54) is 0 Å². The molecule has 0 bridgehead atoms. The molecule has 11 nitrogen and oxygen atoms in total. The van der Waals surface area contributed by atoms with E-state index in [0.717, 1.165) is 6.92 Å². The Morgan fingerprint density at radius 2 is 1.65 bits per heavy atom. The zero-order valence-corrected chi connectivity index (χ0v) is 13.9. The van der Waals surface area contributed by atoms with Crippen molar-refractivity contribution in [2.24, 2.45) is 0 Å². The van der Waals surface area contributed by atoms with Crippen LogP contribution in [0.1, 0.15) is 6.92 Å². The number of amides is 1. The lowest BCUT2D eigenvalue weighted by Gasteiger charge is -2.45. The highest BCUT2D eigenvalue weighted by Crippen LogP contribution is 2.29. The summed E-state index contributed by atoms with van der Waals surface area (Å²) in [6, 6.07) is -1.40. The number of aliphatic hydroxyl groups excluding tert-OH is 6. The van der Waals surface area contributed by atoms with Gasteiger partial charge < -0.3 is 50.2 Å². The molecule has 0 radical (unpaired) electrons. The van der Waals surface area contributed by atoms with E-state index >= 15 is 0 Å². The zero-order chi connectivity index (χ0) is 19.6. The van der Waals surface area contributed by atoms with Crippen LogP contribution in [-0.2, 0) is 19.0 Å². The van der Waals surface area contributed by atoms with E-state index in [2.05, 4.69) is 5.32 Å². The van der Waals surface area contributed by atoms with Crippen LogP contribution in [0.25, 0.3) is 0 Å². The predicted molar refractivity (Wildman–Crippen MR) is 79.1 cm³/mol. The second-order valence-electron chi connectivity index (χ2n) is 6.22. The summed E-state index contributed by atoms with van der Waals surface area (Å²) >= 11 is 0. The molecule has 7 N–H and O–H groups in total. The first-order chi connectivity index (χ1) is 12.2. The summed E-state index contributed by atoms with van der Waals surface area (Å²) in [5.74, 6) is -0.630. The molecule has 0 spiro atoms. The molecule has 2 aliphatic heterocycles. The minimum absolute atomic E-state index is 0.630. The highest BCUT2D eigenvalue weighted by Gasteiger charge is 2.51. The number of carbonyl (C=O) groups is 1. The molecular formula is C14H24FNO10. The van der Waals surface area contributed by atoms with Crippen LogP contribution in [0.3, 0.4) is 0 Å². The SMILES string of the molecule is CC(=O)N[C@H]1C(O)O[C@H](CO)[C@@H](F)[C@@H]1OC1O[C@H](CO)[C@H](O)[C@H](O)[C@H]1O. The average Bonchev–Trinajstić information content (AvgIpc) is 2.60. The van der Waals surface area contributed by atoms with Crippen LogP contribution in [0.5, 0.6) is 0 Å². The van der Waals surface area contributed by atoms with E-state index in [-0.39, 0.29) is 0 Å². The summed E-state index contributed by atoms with van der Waals surface area (Å²) in [4.78, 5) is 11.3. The molecule has 2 aliphatic rings. The Morgan fingerprint density at radius 1 is 1.04 bits per heavy atom. The molecule has 10 atom stereocenters. The van der Waals surface area contributed by atoms with Crippen molar-refractivity contribution in [2.45, 2.75) is 68.3 Å². The van der Waals surface area contributed by atoms with Crippen molar-refractivity contribution in [1.82, 2.24) is 5.32 Å². The van der Waals surface area contributed by atoms with E-state index in [0.29, 0.717) is 0 Å². The Bertz CT molecular complexity index is 483. The normalized spacial score (nSPS) is 46.8. The summed E-state index contributed by atoms with van der Waals surface area (Å²) in [6.07, 6.45) is -15.0. The van der Waals surface area contributed by atoms with Crippen LogP contribution >= 0.6 is 0 Å². The van der Waals surface area contributed by atoms with Gasteiger partial charge in [-0.2, -0.15) is 0 Å². The summed E-state index contributed by atoms with van der Waals surface area (Å²) in [6.45, 7) is -0.392. The lowest BCUT2D eigenvalue weighted by molar-refractivity contribution is -0.336. The maximum atomic E-state index is 14.7. The Labute approximate surface area is 147 Å². The van der Waals surface area contributed by atoms with Gasteiger partial charge in [0.25, 0.3) is 0 Å². The average molecular weight is 385 g/mol. The second-order valence-corrected chi connectivity index (χ2v) is 6.22. The van der Waals surface area contributed by atoms with Crippen molar-refractivity contribution in [3.63, 3.8) is 0 Å². The molecule has 2 saturated heterocycles. The molecule has 2 unspecified atom stereocenters. The number of alkyl halides is 1. The highest BCUT2D eigenvalue weighted by molar-refractivity contribution is 5.73. The minimum atomic E-state index is -2.03. The van der Waals surface area contributed by atoms with Gasteiger partial charge in [-0.15, -0.1) is 0 Å². The zero-order valence-electron chi connectivity index (χ0n) is 13.9. The van der Waals surface area contributed by atoms with Crippen molar-refractivity contribution in [1.29, 1.82) is 0 Å². The number of nitrogens with one attached hydrogen (secondary N) is 1. The lowest BCUT2D eigenvalue weighted by Crippen LogP contribution is -2.66. The third kappa shape index (κ3) is 4.30. The van der Waals surface area contributed by atoms with E-state index in [1.54, 1.807) is 0 Å². The first-order valence-corrected chi connectivity index (χ1v) is 8.02. The maximum absolute atomic E-state index is 14.7. The first-order valence-electron chi connectivity index (χ1n) is 8.02. The Kier molecular flexibility index (Phi) is 7.24. The lowest BCUT2D eigenvalue weighted by atomic mass is 9.96. The number of ether oxygens (including phenoxy) is 3. The number of carbonyl (C=O) groups excluding carboxylic acids is 1. The summed E-state index contributed by atoms with van der Waals surface area (Å²) < 4.78 is 30.0. The number of halogens is 1. The van der Waals surface area contributed by atoms with Crippen LogP contribution < -0.4 is 5.32 Å². The number of aliphatic hydroxyl groups is 6. The van der Waals surface area contributed by atoms with Crippen LogP contribution in [0, 0.1) is 0 Å². The van der Waals surface area contributed by atoms with E-state index in [9.17, 15) is 39.8 Å². The van der Waals surface area contributed by atoms with Gasteiger partial charge >= 0.3 is 0 Å². The molecule has 0 aliphatic carbocycles. The van der Waals surface area contributed by atoms with Crippen LogP contribution in [0.4, 0.5) is 4.39 Å². The van der Waals surface area contributed by atoms with Gasteiger partial charge in [0.1, 0.15) is 42.7 Å². The Balaban J connectivity index is 2.21. The van der Waals surface area contributed by atoms with Gasteiger partial charge in [0.15, 0.2) is 18.8 Å². The molecule has 2 heterocycles. The van der Waals surface area contributed by atoms with E-state index in [1.807, 2.05) is 0 Å². The van der Waals surface area contributed by atoms with Crippen LogP contribution in [0.15, 0.2) is 0 Å². The predicted octanol–water partition coefficient (Wildman–Crippen LogP) is -4.28. The van der Waals surface area contributed by atoms with Crippen molar-refractivity contribution in [3.05, 3.63) is 0 Å². The molecule has 0 aromatic carbocycles. The van der Waals surface area contributed by atoms with Crippen molar-refractivity contribution < 1.29 is 54.0 Å². The summed E-state index contributed by atoms with van der Waals surface area (Å²) in [5.41, 5.74) is 0. The van der Waals surface area contributed by atoms with Gasteiger partial charge in [-0.05, 0) is 0 Å². The van der Waals surface area contributed by atoms with Gasteiger partial charge in [0.05, 0.1) is 13.2 Å².